The number of ether oxygens (including phenoxy) is 8. The van der Waals surface area contributed by atoms with Gasteiger partial charge in [0, 0.05) is 43.8 Å². The van der Waals surface area contributed by atoms with Crippen molar-refractivity contribution in [3.8, 4) is 91.5 Å². The lowest BCUT2D eigenvalue weighted by Gasteiger charge is -2.09. The lowest BCUT2D eigenvalue weighted by Crippen LogP contribution is -2.06. The highest BCUT2D eigenvalue weighted by Crippen LogP contribution is 2.44. The van der Waals surface area contributed by atoms with E-state index in [2.05, 4.69) is 86.2 Å². The zero-order valence-corrected chi connectivity index (χ0v) is 70.3. The Morgan fingerprint density at radius 3 is 0.685 bits per heavy atom. The van der Waals surface area contributed by atoms with Gasteiger partial charge in [-0.1, -0.05) is 155 Å². The number of hydrogen-bond donors (Lipinski definition) is 2. The van der Waals surface area contributed by atoms with E-state index < -0.39 is 0 Å². The number of aromatic amines is 2. The number of benzene rings is 12. The summed E-state index contributed by atoms with van der Waals surface area (Å²) in [5.41, 5.74) is 6.51. The Kier molecular flexibility index (Phi) is 25.6. The van der Waals surface area contributed by atoms with Crippen LogP contribution in [0.25, 0.3) is 133 Å². The predicted molar refractivity (Wildman–Crippen MR) is 488 cm³/mol. The van der Waals surface area contributed by atoms with Crippen LogP contribution in [0.3, 0.4) is 0 Å². The van der Waals surface area contributed by atoms with Crippen molar-refractivity contribution in [3.63, 3.8) is 0 Å². The van der Waals surface area contributed by atoms with Gasteiger partial charge in [0.1, 0.15) is 68.6 Å². The van der Waals surface area contributed by atoms with Crippen molar-refractivity contribution in [2.45, 2.75) is 156 Å². The molecule has 0 aliphatic carbocycles. The van der Waals surface area contributed by atoms with Crippen molar-refractivity contribution >= 4 is 111 Å². The van der Waals surface area contributed by atoms with Crippen LogP contribution < -0.4 is 18.9 Å². The highest BCUT2D eigenvalue weighted by atomic mass is 16.5. The van der Waals surface area contributed by atoms with E-state index in [1.807, 2.05) is 72.8 Å². The predicted octanol–water partition coefficient (Wildman–Crippen LogP) is 27.2. The molecule has 0 spiro atoms. The first-order chi connectivity index (χ1) is 60.8. The minimum atomic E-state index is -0.368. The van der Waals surface area contributed by atoms with Crippen molar-refractivity contribution in [2.75, 3.05) is 26.4 Å². The number of aromatic nitrogens is 8. The van der Waals surface area contributed by atoms with Gasteiger partial charge in [-0.05, 0) is 263 Å². The molecule has 2 aliphatic rings. The summed E-state index contributed by atoms with van der Waals surface area (Å²) in [5, 5.41) is 9.90. The largest absolute Gasteiger partial charge is 0.462 e. The first-order valence-corrected chi connectivity index (χ1v) is 43.8. The minimum absolute atomic E-state index is 0.368. The number of H-pyrrole nitrogens is 2. The highest BCUT2D eigenvalue weighted by molar-refractivity contribution is 6.14. The maximum atomic E-state index is 13.1. The van der Waals surface area contributed by atoms with Crippen LogP contribution in [-0.4, -0.2) is 90.2 Å². The average molecular weight is 1650 g/mol. The Morgan fingerprint density at radius 1 is 0.226 bits per heavy atom. The number of hydrogen-bond acceptors (Lipinski definition) is 18. The number of carbonyl (C=O) groups is 4. The Hall–Kier alpha value is -13.9. The van der Waals surface area contributed by atoms with Crippen molar-refractivity contribution in [1.82, 2.24) is 39.9 Å². The summed E-state index contributed by atoms with van der Waals surface area (Å²) < 4.78 is 48.6. The molecule has 5 heterocycles. The Bertz CT molecular complexity index is 6260. The SMILES string of the molecule is CCCCCCCOC(=O)c1ccc(Oc2ccc3cc4c(cc3c2)-c2nc-4nc3[nH]c(nc4nc(nc5[nH]c(n2)c2cc6ccc(Oc7ccc(C(=O)OCCCCCCC)cc7)cc6cc52)-c2cc5ccc(Oc6ccc(C(=O)OCCCCCCC)cc6)cc5cc2-4)c2cc4ccc(Oc5ccc(C(=O)OCCCCCCC)cc5)cc4cc32)cc1. The molecule has 626 valence electrons. The van der Waals surface area contributed by atoms with Crippen LogP contribution in [0.2, 0.25) is 0 Å². The number of carbonyl (C=O) groups excluding carboxylic acids is 4. The highest BCUT2D eigenvalue weighted by Gasteiger charge is 2.26. The molecule has 0 radical (unpaired) electrons. The molecule has 0 amide bonds. The van der Waals surface area contributed by atoms with Crippen LogP contribution in [-0.2, 0) is 18.9 Å². The number of nitrogens with one attached hydrogen (secondary N) is 2. The van der Waals surface area contributed by atoms with Gasteiger partial charge in [0.15, 0.2) is 23.3 Å². The molecule has 20 nitrogen and oxygen atoms in total. The molecule has 0 fully saturated rings. The molecule has 20 heteroatoms. The molecule has 0 atom stereocenters. The maximum absolute atomic E-state index is 13.1. The molecule has 2 aliphatic heterocycles. The van der Waals surface area contributed by atoms with Gasteiger partial charge in [-0.15, -0.1) is 0 Å². The third-order valence-corrected chi connectivity index (χ3v) is 22.8. The van der Waals surface area contributed by atoms with E-state index in [1.165, 1.54) is 25.7 Å². The first kappa shape index (κ1) is 82.4. The van der Waals surface area contributed by atoms with Gasteiger partial charge in [-0.2, -0.15) is 0 Å². The maximum Gasteiger partial charge on any atom is 0.338 e. The quantitative estimate of drug-likeness (QED) is 0.0210. The molecule has 17 rings (SSSR count). The third kappa shape index (κ3) is 19.2. The molecular formula is C104H98N8O12. The van der Waals surface area contributed by atoms with E-state index in [4.69, 9.17) is 67.8 Å². The Balaban J connectivity index is 0.782. The van der Waals surface area contributed by atoms with E-state index in [-0.39, 0.29) is 23.9 Å². The normalized spacial score (nSPS) is 11.6. The van der Waals surface area contributed by atoms with Crippen molar-refractivity contribution in [1.29, 1.82) is 0 Å². The molecule has 8 bridgehead atoms. The van der Waals surface area contributed by atoms with Gasteiger partial charge >= 0.3 is 23.9 Å². The van der Waals surface area contributed by atoms with Gasteiger partial charge in [0.05, 0.1) is 48.7 Å². The van der Waals surface area contributed by atoms with E-state index in [9.17, 15) is 19.2 Å². The fourth-order valence-electron chi connectivity index (χ4n) is 15.9. The molecule has 3 aromatic heterocycles. The van der Waals surface area contributed by atoms with Gasteiger partial charge in [-0.25, -0.2) is 49.1 Å². The monoisotopic (exact) mass is 1650 g/mol. The first-order valence-electron chi connectivity index (χ1n) is 43.8. The molecule has 0 saturated heterocycles. The van der Waals surface area contributed by atoms with E-state index in [1.54, 1.807) is 97.1 Å². The van der Waals surface area contributed by atoms with Gasteiger partial charge in [-0.3, -0.25) is 0 Å². The van der Waals surface area contributed by atoms with Gasteiger partial charge in [0.25, 0.3) is 0 Å². The number of nitrogens with zero attached hydrogens (tertiary/aromatic N) is 6. The summed E-state index contributed by atoms with van der Waals surface area (Å²) in [6.45, 7) is 10.2. The zero-order valence-electron chi connectivity index (χ0n) is 70.3. The second-order valence-electron chi connectivity index (χ2n) is 31.9. The van der Waals surface area contributed by atoms with Crippen LogP contribution in [0.4, 0.5) is 0 Å². The van der Waals surface area contributed by atoms with Gasteiger partial charge in [0.2, 0.25) is 0 Å². The van der Waals surface area contributed by atoms with E-state index >= 15 is 0 Å². The number of unbranched alkanes of at least 4 members (excludes halogenated alkanes) is 16. The summed E-state index contributed by atoms with van der Waals surface area (Å²) >= 11 is 0. The summed E-state index contributed by atoms with van der Waals surface area (Å²) in [6.07, 6.45) is 21.1. The van der Waals surface area contributed by atoms with E-state index in [0.29, 0.717) is 152 Å². The fraction of sp³-hybridized carbons (Fsp3) is 0.269. The van der Waals surface area contributed by atoms with Crippen LogP contribution >= 0.6 is 0 Å². The van der Waals surface area contributed by atoms with Crippen LogP contribution in [0.1, 0.15) is 198 Å². The van der Waals surface area contributed by atoms with Crippen LogP contribution in [0.5, 0.6) is 46.0 Å². The molecule has 0 saturated carbocycles. The molecule has 2 N–H and O–H groups in total. The summed E-state index contributed by atoms with van der Waals surface area (Å²) in [5.74, 6) is 4.53. The van der Waals surface area contributed by atoms with E-state index in [0.717, 1.165) is 178 Å². The van der Waals surface area contributed by atoms with Crippen LogP contribution in [0, 0.1) is 0 Å². The minimum Gasteiger partial charge on any atom is -0.462 e. The second kappa shape index (κ2) is 38.5. The standard InChI is InChI=1S/C104H98N8O12/c1-5-9-13-17-21-49-117-101(113)65-25-37-77(38-26-65)121-81-45-33-69-57-85-89(61-73(69)53-81)97-105-93(85)110-98-91-63-75-55-83(123-79-41-29-67(30-42-79)103(115)119-51-23-19-15-11-7-3)47-35-71(75)59-87(91)95(107-98)112-100-92-64-76-56-84(124-80-43-31-68(32-44-80)104(116)120-52-24-20-16-12-8-4)48-36-72(76)60-88(92)96(108-100)111-99-90-62-74-54-82(46-34-70(74)58-86(90)94(106-99)109-97)122-78-39-27-66(28-40-78)102(114)118-50-22-18-14-10-6-2/h25-48,53-64H,5-24,49-52H2,1-4H3,(H2,105,106,107,108,109,110,111,112). The topological polar surface area (TPSA) is 251 Å². The number of fused-ring (bicyclic) bond motifs is 24. The Labute approximate surface area is 718 Å². The molecule has 15 aromatic rings. The molecular weight excluding hydrogens is 1550 g/mol. The fourth-order valence-corrected chi connectivity index (χ4v) is 15.9. The lowest BCUT2D eigenvalue weighted by atomic mass is 10.0. The lowest BCUT2D eigenvalue weighted by molar-refractivity contribution is 0.0488. The third-order valence-electron chi connectivity index (χ3n) is 22.8. The van der Waals surface area contributed by atoms with Crippen molar-refractivity contribution < 1.29 is 57.1 Å². The summed E-state index contributed by atoms with van der Waals surface area (Å²) in [7, 11) is 0. The summed E-state index contributed by atoms with van der Waals surface area (Å²) in [6, 6.07) is 68.2. The zero-order chi connectivity index (χ0) is 84.8. The molecule has 12 aromatic carbocycles. The number of rotatable bonds is 36. The van der Waals surface area contributed by atoms with Crippen molar-refractivity contribution in [3.05, 3.63) is 241 Å². The average Bonchev–Trinajstić information content (AvgIpc) is 1.58. The summed E-state index contributed by atoms with van der Waals surface area (Å²) in [4.78, 5) is 92.6. The number of esters is 4. The Morgan fingerprint density at radius 2 is 0.435 bits per heavy atom. The van der Waals surface area contributed by atoms with Crippen LogP contribution in [0.15, 0.2) is 218 Å². The van der Waals surface area contributed by atoms with Gasteiger partial charge < -0.3 is 47.9 Å². The second-order valence-corrected chi connectivity index (χ2v) is 31.9. The molecule has 124 heavy (non-hydrogen) atoms. The molecule has 0 unspecified atom stereocenters. The van der Waals surface area contributed by atoms with Crippen molar-refractivity contribution in [2.24, 2.45) is 0 Å². The smallest absolute Gasteiger partial charge is 0.338 e.